The van der Waals surface area contributed by atoms with Crippen LogP contribution in [0.5, 0.6) is 0 Å². The Kier molecular flexibility index (Phi) is 9.96. The Hall–Kier alpha value is -4.74. The van der Waals surface area contributed by atoms with Crippen LogP contribution in [0.3, 0.4) is 0 Å². The van der Waals surface area contributed by atoms with Gasteiger partial charge in [-0.1, -0.05) is 0 Å². The molecule has 0 fully saturated rings. The lowest BCUT2D eigenvalue weighted by atomic mass is 10.1. The van der Waals surface area contributed by atoms with Crippen molar-refractivity contribution in [2.24, 2.45) is 11.5 Å². The van der Waals surface area contributed by atoms with Crippen molar-refractivity contribution in [3.05, 3.63) is 40.2 Å². The molecule has 0 aliphatic carbocycles. The Morgan fingerprint density at radius 3 is 2.60 bits per heavy atom. The van der Waals surface area contributed by atoms with Crippen LogP contribution in [-0.2, 0) is 19.1 Å². The van der Waals surface area contributed by atoms with Crippen LogP contribution in [0.4, 0.5) is 23.1 Å². The minimum absolute atomic E-state index is 0.0451. The number of nitrogens with zero attached hydrogens (tertiary/aromatic N) is 2. The zero-order chi connectivity index (χ0) is 29.4. The molecule has 1 aliphatic rings. The number of carbonyl (C=O) groups is 4. The van der Waals surface area contributed by atoms with E-state index in [2.05, 4.69) is 25.9 Å². The average Bonchev–Trinajstić information content (AvgIpc) is 2.93. The van der Waals surface area contributed by atoms with Gasteiger partial charge in [0.2, 0.25) is 12.4 Å². The number of nitrogen functional groups attached to an aromatic ring is 1. The number of anilines is 4. The number of aliphatic hydroxyl groups is 1. The van der Waals surface area contributed by atoms with E-state index in [4.69, 9.17) is 27.0 Å². The molecule has 0 saturated heterocycles. The van der Waals surface area contributed by atoms with Gasteiger partial charge >= 0.3 is 11.9 Å². The molecule has 12 N–H and O–H groups in total. The summed E-state index contributed by atoms with van der Waals surface area (Å²) in [4.78, 5) is 67.9. The number of amides is 2. The van der Waals surface area contributed by atoms with E-state index in [1.54, 1.807) is 12.1 Å². The highest BCUT2D eigenvalue weighted by Gasteiger charge is 2.30. The predicted octanol–water partition coefficient (Wildman–Crippen LogP) is -2.67. The number of esters is 1. The fraction of sp³-hybridized carbons (Fsp3) is 0.391. The second kappa shape index (κ2) is 13.4. The fourth-order valence-electron chi connectivity index (χ4n) is 3.81. The summed E-state index contributed by atoms with van der Waals surface area (Å²) >= 11 is 0. The maximum Gasteiger partial charge on any atom is 0.330 e. The van der Waals surface area contributed by atoms with Crippen molar-refractivity contribution >= 4 is 47.4 Å². The van der Waals surface area contributed by atoms with Crippen molar-refractivity contribution in [3.63, 3.8) is 0 Å². The van der Waals surface area contributed by atoms with Gasteiger partial charge in [0.1, 0.15) is 12.1 Å². The lowest BCUT2D eigenvalue weighted by molar-refractivity contribution is -0.157. The molecule has 0 spiro atoms. The number of ether oxygens (including phenoxy) is 1. The van der Waals surface area contributed by atoms with Gasteiger partial charge in [0, 0.05) is 37.3 Å². The number of benzene rings is 1. The first-order chi connectivity index (χ1) is 19.0. The van der Waals surface area contributed by atoms with Crippen LogP contribution >= 0.6 is 0 Å². The van der Waals surface area contributed by atoms with Crippen LogP contribution in [-0.4, -0.2) is 88.5 Å². The molecule has 4 atom stereocenters. The molecular formula is C23H31N9O8. The molecule has 17 nitrogen and oxygen atoms in total. The summed E-state index contributed by atoms with van der Waals surface area (Å²) in [5, 5.41) is 27.1. The zero-order valence-corrected chi connectivity index (χ0v) is 21.2. The van der Waals surface area contributed by atoms with Gasteiger partial charge < -0.3 is 47.3 Å². The number of hydrogen-bond acceptors (Lipinski definition) is 13. The van der Waals surface area contributed by atoms with E-state index in [9.17, 15) is 29.1 Å². The summed E-state index contributed by atoms with van der Waals surface area (Å²) in [5.74, 6) is -2.78. The van der Waals surface area contributed by atoms with E-state index in [0.29, 0.717) is 12.1 Å². The molecule has 1 aliphatic heterocycles. The van der Waals surface area contributed by atoms with Gasteiger partial charge in [-0.05, 0) is 30.7 Å². The van der Waals surface area contributed by atoms with Crippen LogP contribution in [0.1, 0.15) is 23.2 Å². The fourth-order valence-corrected chi connectivity index (χ4v) is 3.81. The van der Waals surface area contributed by atoms with Gasteiger partial charge in [-0.25, -0.2) is 4.79 Å². The Bertz CT molecular complexity index is 1290. The molecule has 40 heavy (non-hydrogen) atoms. The summed E-state index contributed by atoms with van der Waals surface area (Å²) in [6.07, 6.45) is -2.98. The first-order valence-corrected chi connectivity index (χ1v) is 12.1. The lowest BCUT2D eigenvalue weighted by Gasteiger charge is -2.34. The summed E-state index contributed by atoms with van der Waals surface area (Å²) in [5.41, 5.74) is 16.6. The van der Waals surface area contributed by atoms with Crippen molar-refractivity contribution < 1.29 is 34.1 Å². The van der Waals surface area contributed by atoms with E-state index in [0.717, 1.165) is 0 Å². The number of hydrogen-bond donors (Lipinski definition) is 9. The standard InChI is InChI=1S/C23H31N9O8/c24-7-15(34)18(25)40-22(39)14(5-6-16(35)36)29-20(37)11-1-3-12(4-2-11)27-8-13-9-28-19-17(32(13)10-33)21(38)31-23(26)30-19/h1-4,10,13-15,18,27,34H,5-9,24-25H2,(H,29,37)(H,35,36)(H4,26,28,30,31,38). The molecular weight excluding hydrogens is 530 g/mol. The summed E-state index contributed by atoms with van der Waals surface area (Å²) in [6.45, 7) is 0.247. The zero-order valence-electron chi connectivity index (χ0n) is 21.2. The van der Waals surface area contributed by atoms with Gasteiger partial charge in [0.25, 0.3) is 11.5 Å². The number of carboxylic acids is 1. The smallest absolute Gasteiger partial charge is 0.330 e. The van der Waals surface area contributed by atoms with E-state index < -0.39 is 54.2 Å². The molecule has 1 aromatic carbocycles. The lowest BCUT2D eigenvalue weighted by Crippen LogP contribution is -2.50. The van der Waals surface area contributed by atoms with Crippen LogP contribution in [0.15, 0.2) is 29.1 Å². The number of aromatic amines is 1. The number of H-pyrrole nitrogens is 1. The van der Waals surface area contributed by atoms with E-state index in [-0.39, 0.29) is 49.1 Å². The van der Waals surface area contributed by atoms with Gasteiger partial charge in [0.05, 0.1) is 6.04 Å². The maximum absolute atomic E-state index is 12.8. The van der Waals surface area contributed by atoms with Crippen molar-refractivity contribution in [1.82, 2.24) is 15.3 Å². The van der Waals surface area contributed by atoms with E-state index in [1.165, 1.54) is 17.0 Å². The normalized spacial score (nSPS) is 16.5. The van der Waals surface area contributed by atoms with Crippen molar-refractivity contribution in [2.75, 3.05) is 40.9 Å². The minimum Gasteiger partial charge on any atom is -0.481 e. The molecule has 216 valence electrons. The number of aromatic nitrogens is 2. The molecule has 17 heteroatoms. The first kappa shape index (κ1) is 29.8. The Morgan fingerprint density at radius 1 is 1.27 bits per heavy atom. The van der Waals surface area contributed by atoms with E-state index >= 15 is 0 Å². The summed E-state index contributed by atoms with van der Waals surface area (Å²) in [7, 11) is 0. The second-order valence-electron chi connectivity index (χ2n) is 8.82. The van der Waals surface area contributed by atoms with E-state index in [1.807, 2.05) is 0 Å². The van der Waals surface area contributed by atoms with Gasteiger partial charge in [0.15, 0.2) is 17.7 Å². The number of fused-ring (bicyclic) bond motifs is 1. The average molecular weight is 562 g/mol. The number of nitrogens with one attached hydrogen (secondary N) is 4. The molecule has 0 saturated carbocycles. The maximum atomic E-state index is 12.8. The molecule has 0 bridgehead atoms. The largest absolute Gasteiger partial charge is 0.481 e. The number of aliphatic hydroxyl groups excluding tert-OH is 1. The molecule has 2 aromatic rings. The number of carboxylic acid groups (broad SMARTS) is 1. The first-order valence-electron chi connectivity index (χ1n) is 12.1. The number of nitrogens with two attached hydrogens (primary N) is 3. The van der Waals surface area contributed by atoms with Gasteiger partial charge in [-0.15, -0.1) is 0 Å². The third kappa shape index (κ3) is 7.43. The molecule has 4 unspecified atom stereocenters. The van der Waals surface area contributed by atoms with Crippen molar-refractivity contribution in [3.8, 4) is 0 Å². The summed E-state index contributed by atoms with van der Waals surface area (Å²) < 4.78 is 4.92. The molecule has 0 radical (unpaired) electrons. The van der Waals surface area contributed by atoms with Crippen LogP contribution in [0, 0.1) is 0 Å². The van der Waals surface area contributed by atoms with Gasteiger partial charge in [-0.2, -0.15) is 4.98 Å². The highest BCUT2D eigenvalue weighted by Crippen LogP contribution is 2.25. The second-order valence-corrected chi connectivity index (χ2v) is 8.82. The van der Waals surface area contributed by atoms with Crippen LogP contribution in [0.2, 0.25) is 0 Å². The monoisotopic (exact) mass is 561 g/mol. The Morgan fingerprint density at radius 2 is 1.98 bits per heavy atom. The molecule has 3 rings (SSSR count). The third-order valence-corrected chi connectivity index (χ3v) is 5.98. The number of rotatable bonds is 13. The molecule has 2 heterocycles. The van der Waals surface area contributed by atoms with Gasteiger partial charge in [-0.3, -0.25) is 29.9 Å². The molecule has 1 aromatic heterocycles. The topological polar surface area (TPSA) is 281 Å². The highest BCUT2D eigenvalue weighted by molar-refractivity contribution is 5.97. The SMILES string of the molecule is NCC(O)C(N)OC(=O)C(CCC(=O)O)NC(=O)c1ccc(NCC2CNc3nc(N)[nH]c(=O)c3N2C=O)cc1. The predicted molar refractivity (Wildman–Crippen MR) is 142 cm³/mol. The van der Waals surface area contributed by atoms with Crippen molar-refractivity contribution in [2.45, 2.75) is 37.3 Å². The molecule has 2 amide bonds. The van der Waals surface area contributed by atoms with Crippen LogP contribution in [0.25, 0.3) is 0 Å². The van der Waals surface area contributed by atoms with Crippen molar-refractivity contribution in [1.29, 1.82) is 0 Å². The quantitative estimate of drug-likeness (QED) is 0.0685. The highest BCUT2D eigenvalue weighted by atomic mass is 16.6. The minimum atomic E-state index is -1.46. The Balaban J connectivity index is 1.63. The Labute approximate surface area is 227 Å². The number of aliphatic carboxylic acids is 1. The number of carbonyl (C=O) groups excluding carboxylic acids is 3. The van der Waals surface area contributed by atoms with Crippen LogP contribution < -0.4 is 43.6 Å². The summed E-state index contributed by atoms with van der Waals surface area (Å²) in [6, 6.07) is 4.29. The third-order valence-electron chi connectivity index (χ3n) is 5.98.